The molecule has 0 saturated carbocycles. The lowest BCUT2D eigenvalue weighted by Gasteiger charge is -1.81. The second kappa shape index (κ2) is 6.48. The number of methoxy groups -OCH3 is 1. The molecule has 2 nitrogen and oxygen atoms in total. The molecule has 0 heterocycles. The highest BCUT2D eigenvalue weighted by molar-refractivity contribution is 4.98. The molecule has 0 aliphatic rings. The highest BCUT2D eigenvalue weighted by Crippen LogP contribution is 1.69. The molecule has 8 heavy (non-hydrogen) atoms. The van der Waals surface area contributed by atoms with Gasteiger partial charge in [0.25, 0.3) is 0 Å². The Morgan fingerprint density at radius 2 is 2.25 bits per heavy atom. The molecule has 0 rings (SSSR count). The van der Waals surface area contributed by atoms with Crippen LogP contribution in [-0.2, 0) is 4.74 Å². The van der Waals surface area contributed by atoms with E-state index in [4.69, 9.17) is 5.11 Å². The molecule has 0 aromatic rings. The highest BCUT2D eigenvalue weighted by Gasteiger charge is 1.69. The van der Waals surface area contributed by atoms with Gasteiger partial charge in [-0.15, -0.1) is 0 Å². The fraction of sp³-hybridized carbons (Fsp3) is 0.667. The molecule has 0 atom stereocenters. The number of ether oxygens (including phenoxy) is 1. The number of aliphatic hydroxyl groups excluding tert-OH is 1. The first-order valence-corrected chi connectivity index (χ1v) is 2.47. The van der Waals surface area contributed by atoms with Crippen LogP contribution in [0, 0.1) is 11.8 Å². The van der Waals surface area contributed by atoms with Crippen LogP contribution in [0.15, 0.2) is 0 Å². The maximum absolute atomic E-state index is 8.22. The minimum atomic E-state index is 0.136. The van der Waals surface area contributed by atoms with Crippen molar-refractivity contribution in [3.05, 3.63) is 0 Å². The van der Waals surface area contributed by atoms with Crippen molar-refractivity contribution >= 4 is 0 Å². The molecule has 0 fully saturated rings. The van der Waals surface area contributed by atoms with Crippen LogP contribution < -0.4 is 0 Å². The summed E-state index contributed by atoms with van der Waals surface area (Å²) in [5.74, 6) is 5.41. The second-order valence-corrected chi connectivity index (χ2v) is 1.26. The number of rotatable bonds is 2. The van der Waals surface area contributed by atoms with Gasteiger partial charge in [0.15, 0.2) is 0 Å². The molecule has 0 unspecified atom stereocenters. The second-order valence-electron chi connectivity index (χ2n) is 1.26. The van der Waals surface area contributed by atoms with Crippen molar-refractivity contribution in [3.8, 4) is 11.8 Å². The third kappa shape index (κ3) is 5.48. The first-order valence-electron chi connectivity index (χ1n) is 2.47. The van der Waals surface area contributed by atoms with E-state index >= 15 is 0 Å². The molecule has 0 bridgehead atoms. The molecule has 2 heteroatoms. The van der Waals surface area contributed by atoms with Gasteiger partial charge in [-0.25, -0.2) is 0 Å². The average Bonchev–Trinajstić information content (AvgIpc) is 1.81. The predicted molar refractivity (Wildman–Crippen MR) is 31.4 cm³/mol. The Hall–Kier alpha value is -0.520. The van der Waals surface area contributed by atoms with Crippen molar-refractivity contribution in [2.24, 2.45) is 0 Å². The lowest BCUT2D eigenvalue weighted by atomic mass is 10.4. The molecule has 0 aliphatic heterocycles. The largest absolute Gasteiger partial charge is 0.395 e. The van der Waals surface area contributed by atoms with Gasteiger partial charge in [-0.05, 0) is 0 Å². The van der Waals surface area contributed by atoms with Gasteiger partial charge in [0.1, 0.15) is 6.61 Å². The van der Waals surface area contributed by atoms with Crippen LogP contribution in [0.5, 0.6) is 0 Å². The van der Waals surface area contributed by atoms with Crippen LogP contribution in [0.4, 0.5) is 0 Å². The Kier molecular flexibility index (Phi) is 6.06. The Labute approximate surface area is 49.5 Å². The zero-order valence-electron chi connectivity index (χ0n) is 4.98. The van der Waals surface area contributed by atoms with Gasteiger partial charge in [0.05, 0.1) is 6.61 Å². The van der Waals surface area contributed by atoms with Crippen molar-refractivity contribution in [2.75, 3.05) is 20.3 Å². The Balaban J connectivity index is 2.95. The van der Waals surface area contributed by atoms with Gasteiger partial charge < -0.3 is 9.84 Å². The lowest BCUT2D eigenvalue weighted by molar-refractivity contribution is 0.239. The van der Waals surface area contributed by atoms with Crippen LogP contribution in [0.25, 0.3) is 0 Å². The summed E-state index contributed by atoms with van der Waals surface area (Å²) in [6.45, 7) is 0.594. The fourth-order valence-electron chi connectivity index (χ4n) is 0.267. The summed E-state index contributed by atoms with van der Waals surface area (Å²) < 4.78 is 4.63. The highest BCUT2D eigenvalue weighted by atomic mass is 16.5. The smallest absolute Gasteiger partial charge is 0.107 e. The van der Waals surface area contributed by atoms with Crippen LogP contribution >= 0.6 is 0 Å². The Morgan fingerprint density at radius 3 is 2.75 bits per heavy atom. The van der Waals surface area contributed by atoms with E-state index in [0.717, 1.165) is 0 Å². The summed E-state index contributed by atoms with van der Waals surface area (Å²) in [7, 11) is 1.59. The van der Waals surface area contributed by atoms with Crippen LogP contribution in [-0.4, -0.2) is 25.4 Å². The lowest BCUT2D eigenvalue weighted by Crippen LogP contribution is -1.82. The Bertz CT molecular complexity index is 78.4. The molecule has 46 valence electrons. The molecule has 0 spiro atoms. The van der Waals surface area contributed by atoms with E-state index in [9.17, 15) is 0 Å². The summed E-state index contributed by atoms with van der Waals surface area (Å²) in [6, 6.07) is 0. The van der Waals surface area contributed by atoms with Crippen molar-refractivity contribution in [2.45, 2.75) is 6.42 Å². The van der Waals surface area contributed by atoms with E-state index in [1.165, 1.54) is 0 Å². The molecule has 0 saturated heterocycles. The van der Waals surface area contributed by atoms with Gasteiger partial charge in [-0.3, -0.25) is 0 Å². The number of aliphatic hydroxyl groups is 1. The molecule has 0 aromatic carbocycles. The third-order valence-electron chi connectivity index (χ3n) is 0.578. The number of hydrogen-bond donors (Lipinski definition) is 1. The third-order valence-corrected chi connectivity index (χ3v) is 0.578. The van der Waals surface area contributed by atoms with E-state index in [-0.39, 0.29) is 6.61 Å². The van der Waals surface area contributed by atoms with E-state index < -0.39 is 0 Å². The summed E-state index contributed by atoms with van der Waals surface area (Å²) in [5, 5.41) is 8.22. The maximum atomic E-state index is 8.22. The van der Waals surface area contributed by atoms with Crippen molar-refractivity contribution in [3.63, 3.8) is 0 Å². The Morgan fingerprint density at radius 1 is 1.50 bits per heavy atom. The SMILES string of the molecule is COCC#CCCO. The minimum absolute atomic E-state index is 0.136. The summed E-state index contributed by atoms with van der Waals surface area (Å²) in [4.78, 5) is 0. The van der Waals surface area contributed by atoms with Crippen LogP contribution in [0.3, 0.4) is 0 Å². The van der Waals surface area contributed by atoms with E-state index in [1.54, 1.807) is 7.11 Å². The van der Waals surface area contributed by atoms with E-state index in [1.807, 2.05) is 0 Å². The molecule has 1 N–H and O–H groups in total. The normalized spacial score (nSPS) is 7.75. The van der Waals surface area contributed by atoms with Gasteiger partial charge in [-0.1, -0.05) is 11.8 Å². The molecular formula is C6H10O2. The number of hydrogen-bond acceptors (Lipinski definition) is 2. The first-order chi connectivity index (χ1) is 3.91. The van der Waals surface area contributed by atoms with Crippen molar-refractivity contribution in [1.29, 1.82) is 0 Å². The van der Waals surface area contributed by atoms with E-state index in [0.29, 0.717) is 13.0 Å². The zero-order valence-corrected chi connectivity index (χ0v) is 4.98. The van der Waals surface area contributed by atoms with Gasteiger partial charge >= 0.3 is 0 Å². The van der Waals surface area contributed by atoms with Crippen LogP contribution in [0.2, 0.25) is 0 Å². The van der Waals surface area contributed by atoms with Gasteiger partial charge in [0.2, 0.25) is 0 Å². The molecular weight excluding hydrogens is 104 g/mol. The fourth-order valence-corrected chi connectivity index (χ4v) is 0.267. The van der Waals surface area contributed by atoms with Crippen LogP contribution in [0.1, 0.15) is 6.42 Å². The average molecular weight is 114 g/mol. The molecule has 0 aliphatic carbocycles. The zero-order chi connectivity index (χ0) is 6.24. The minimum Gasteiger partial charge on any atom is -0.395 e. The van der Waals surface area contributed by atoms with Gasteiger partial charge in [-0.2, -0.15) is 0 Å². The quantitative estimate of drug-likeness (QED) is 0.513. The topological polar surface area (TPSA) is 29.5 Å². The maximum Gasteiger partial charge on any atom is 0.107 e. The monoisotopic (exact) mass is 114 g/mol. The van der Waals surface area contributed by atoms with E-state index in [2.05, 4.69) is 16.6 Å². The first kappa shape index (κ1) is 7.48. The summed E-state index contributed by atoms with van der Waals surface area (Å²) >= 11 is 0. The summed E-state index contributed by atoms with van der Waals surface area (Å²) in [5.41, 5.74) is 0. The molecule has 0 amide bonds. The van der Waals surface area contributed by atoms with Gasteiger partial charge in [0, 0.05) is 13.5 Å². The standard InChI is InChI=1S/C6H10O2/c1-8-6-4-2-3-5-7/h7H,3,5-6H2,1H3. The van der Waals surface area contributed by atoms with Crippen molar-refractivity contribution < 1.29 is 9.84 Å². The predicted octanol–water partition coefficient (Wildman–Crippen LogP) is 0.0186. The van der Waals surface area contributed by atoms with Crippen molar-refractivity contribution in [1.82, 2.24) is 0 Å². The summed E-state index contributed by atoms with van der Waals surface area (Å²) in [6.07, 6.45) is 0.545. The molecule has 0 aromatic heterocycles. The molecule has 0 radical (unpaired) electrons.